The number of nitrogens with two attached hydrogens (primary N) is 1. The average Bonchev–Trinajstić information content (AvgIpc) is 2.55. The molecule has 7 heteroatoms. The number of nitrogen functional groups attached to an aromatic ring is 1. The Morgan fingerprint density at radius 1 is 1.46 bits per heavy atom. The molecule has 1 fully saturated rings. The first-order valence-electron chi connectivity index (χ1n) is 7.80. The fourth-order valence-corrected chi connectivity index (χ4v) is 3.06. The van der Waals surface area contributed by atoms with Crippen molar-refractivity contribution >= 4 is 11.8 Å². The Labute approximate surface area is 139 Å². The number of benzene rings is 1. The molecule has 1 aromatic carbocycles. The lowest BCUT2D eigenvalue weighted by molar-refractivity contribution is 0.0692. The van der Waals surface area contributed by atoms with E-state index < -0.39 is 11.8 Å². The monoisotopic (exact) mass is 330 g/mol. The highest BCUT2D eigenvalue weighted by molar-refractivity contribution is 5.88. The zero-order valence-electron chi connectivity index (χ0n) is 13.4. The Morgan fingerprint density at radius 3 is 2.92 bits per heavy atom. The van der Waals surface area contributed by atoms with Crippen molar-refractivity contribution in [2.75, 3.05) is 25.9 Å². The Bertz CT molecular complexity index is 781. The van der Waals surface area contributed by atoms with E-state index in [9.17, 15) is 9.18 Å². The van der Waals surface area contributed by atoms with E-state index in [2.05, 4.69) is 21.9 Å². The Kier molecular flexibility index (Phi) is 4.44. The third kappa shape index (κ3) is 3.21. The van der Waals surface area contributed by atoms with Crippen LogP contribution in [0.1, 0.15) is 34.8 Å². The van der Waals surface area contributed by atoms with E-state index in [1.54, 1.807) is 6.20 Å². The molecule has 1 aliphatic rings. The number of aromatic carboxylic acids is 1. The van der Waals surface area contributed by atoms with Gasteiger partial charge in [0.25, 0.3) is 0 Å². The molecule has 126 valence electrons. The van der Waals surface area contributed by atoms with E-state index in [1.165, 1.54) is 12.1 Å². The summed E-state index contributed by atoms with van der Waals surface area (Å²) in [7, 11) is 2.07. The molecular formula is C17H19FN4O2. The summed E-state index contributed by atoms with van der Waals surface area (Å²) < 4.78 is 13.9. The minimum absolute atomic E-state index is 0.199. The van der Waals surface area contributed by atoms with Crippen molar-refractivity contribution in [2.24, 2.45) is 0 Å². The van der Waals surface area contributed by atoms with Crippen molar-refractivity contribution < 1.29 is 14.3 Å². The van der Waals surface area contributed by atoms with Crippen LogP contribution in [0.3, 0.4) is 0 Å². The first-order chi connectivity index (χ1) is 11.5. The van der Waals surface area contributed by atoms with Crippen LogP contribution >= 0.6 is 0 Å². The largest absolute Gasteiger partial charge is 0.478 e. The maximum Gasteiger partial charge on any atom is 0.338 e. The number of likely N-dealkylation sites (N-methyl/N-ethyl adjacent to an activating group) is 1. The second-order valence-electron chi connectivity index (χ2n) is 6.13. The van der Waals surface area contributed by atoms with Crippen LogP contribution in [0.5, 0.6) is 0 Å². The fourth-order valence-electron chi connectivity index (χ4n) is 3.06. The summed E-state index contributed by atoms with van der Waals surface area (Å²) in [5.41, 5.74) is 7.16. The highest BCUT2D eigenvalue weighted by atomic mass is 19.1. The lowest BCUT2D eigenvalue weighted by Gasteiger charge is -2.29. The lowest BCUT2D eigenvalue weighted by Crippen LogP contribution is -2.31. The molecule has 3 N–H and O–H groups in total. The van der Waals surface area contributed by atoms with Crippen molar-refractivity contribution in [1.82, 2.24) is 14.9 Å². The zero-order valence-corrected chi connectivity index (χ0v) is 13.4. The summed E-state index contributed by atoms with van der Waals surface area (Å²) in [5.74, 6) is -1.66. The minimum Gasteiger partial charge on any atom is -0.478 e. The molecule has 0 saturated carbocycles. The van der Waals surface area contributed by atoms with Gasteiger partial charge >= 0.3 is 5.97 Å². The third-order valence-corrected chi connectivity index (χ3v) is 4.34. The predicted molar refractivity (Wildman–Crippen MR) is 88.3 cm³/mol. The van der Waals surface area contributed by atoms with Gasteiger partial charge in [-0.05, 0) is 38.6 Å². The van der Waals surface area contributed by atoms with Crippen LogP contribution in [0.25, 0.3) is 11.3 Å². The number of carbonyl (C=O) groups is 1. The van der Waals surface area contributed by atoms with Gasteiger partial charge in [-0.2, -0.15) is 0 Å². The van der Waals surface area contributed by atoms with Gasteiger partial charge in [-0.15, -0.1) is 0 Å². The molecule has 2 heterocycles. The summed E-state index contributed by atoms with van der Waals surface area (Å²) in [4.78, 5) is 22.0. The molecule has 1 unspecified atom stereocenters. The van der Waals surface area contributed by atoms with Gasteiger partial charge in [0.2, 0.25) is 0 Å². The highest BCUT2D eigenvalue weighted by Crippen LogP contribution is 2.29. The molecule has 3 rings (SSSR count). The van der Waals surface area contributed by atoms with E-state index in [1.807, 2.05) is 0 Å². The molecule has 0 bridgehead atoms. The number of nitrogens with zero attached hydrogens (tertiary/aromatic N) is 3. The van der Waals surface area contributed by atoms with E-state index >= 15 is 0 Å². The number of hydrogen-bond donors (Lipinski definition) is 2. The van der Waals surface area contributed by atoms with Crippen molar-refractivity contribution in [3.63, 3.8) is 0 Å². The van der Waals surface area contributed by atoms with Gasteiger partial charge < -0.3 is 15.7 Å². The SMILES string of the molecule is CN1CCCC(c2cnc(N)c(-c3ccc(C(=O)O)c(F)c3)n2)C1. The molecule has 0 amide bonds. The van der Waals surface area contributed by atoms with E-state index in [0.29, 0.717) is 11.3 Å². The summed E-state index contributed by atoms with van der Waals surface area (Å²) in [6.07, 6.45) is 3.78. The number of piperidine rings is 1. The second-order valence-corrected chi connectivity index (χ2v) is 6.13. The fraction of sp³-hybridized carbons (Fsp3) is 0.353. The standard InChI is InChI=1S/C17H19FN4O2/c1-22-6-2-3-11(9-22)14-8-20-16(19)15(21-14)10-4-5-12(17(23)24)13(18)7-10/h4-5,7-8,11H,2-3,6,9H2,1H3,(H2,19,20)(H,23,24). The molecular weight excluding hydrogens is 311 g/mol. The van der Waals surface area contributed by atoms with E-state index in [-0.39, 0.29) is 17.3 Å². The smallest absolute Gasteiger partial charge is 0.338 e. The molecule has 1 aliphatic heterocycles. The van der Waals surface area contributed by atoms with Gasteiger partial charge in [-0.25, -0.2) is 19.2 Å². The second kappa shape index (κ2) is 6.52. The van der Waals surface area contributed by atoms with Gasteiger partial charge in [-0.1, -0.05) is 6.07 Å². The Hall–Kier alpha value is -2.54. The van der Waals surface area contributed by atoms with E-state index in [4.69, 9.17) is 10.8 Å². The number of hydrogen-bond acceptors (Lipinski definition) is 5. The topological polar surface area (TPSA) is 92.3 Å². The Balaban J connectivity index is 1.97. The van der Waals surface area contributed by atoms with Crippen LogP contribution in [-0.4, -0.2) is 46.1 Å². The van der Waals surface area contributed by atoms with Crippen LogP contribution in [0.2, 0.25) is 0 Å². The van der Waals surface area contributed by atoms with Crippen molar-refractivity contribution in [3.05, 3.63) is 41.5 Å². The minimum atomic E-state index is -1.31. The summed E-state index contributed by atoms with van der Waals surface area (Å²) in [5, 5.41) is 8.92. The van der Waals surface area contributed by atoms with Crippen LogP contribution in [0, 0.1) is 5.82 Å². The number of anilines is 1. The number of likely N-dealkylation sites (tertiary alicyclic amines) is 1. The number of rotatable bonds is 3. The molecule has 1 atom stereocenters. The summed E-state index contributed by atoms with van der Waals surface area (Å²) in [6, 6.07) is 3.86. The normalized spacial score (nSPS) is 18.5. The Morgan fingerprint density at radius 2 is 2.25 bits per heavy atom. The van der Waals surface area contributed by atoms with Crippen LogP contribution < -0.4 is 5.73 Å². The van der Waals surface area contributed by atoms with Crippen LogP contribution in [0.4, 0.5) is 10.2 Å². The molecule has 6 nitrogen and oxygen atoms in total. The van der Waals surface area contributed by atoms with E-state index in [0.717, 1.165) is 37.7 Å². The van der Waals surface area contributed by atoms with Gasteiger partial charge in [-0.3, -0.25) is 0 Å². The molecule has 0 aliphatic carbocycles. The maximum absolute atomic E-state index is 13.9. The molecule has 1 saturated heterocycles. The third-order valence-electron chi connectivity index (χ3n) is 4.34. The maximum atomic E-state index is 13.9. The number of aromatic nitrogens is 2. The molecule has 0 radical (unpaired) electrons. The molecule has 2 aromatic rings. The number of carboxylic acids is 1. The first-order valence-corrected chi connectivity index (χ1v) is 7.80. The van der Waals surface area contributed by atoms with Crippen LogP contribution in [0.15, 0.2) is 24.4 Å². The zero-order chi connectivity index (χ0) is 17.3. The quantitative estimate of drug-likeness (QED) is 0.897. The van der Waals surface area contributed by atoms with Crippen molar-refractivity contribution in [3.8, 4) is 11.3 Å². The highest BCUT2D eigenvalue weighted by Gasteiger charge is 2.22. The van der Waals surface area contributed by atoms with Gasteiger partial charge in [0.15, 0.2) is 0 Å². The van der Waals surface area contributed by atoms with Gasteiger partial charge in [0, 0.05) is 18.0 Å². The summed E-state index contributed by atoms with van der Waals surface area (Å²) in [6.45, 7) is 1.96. The first kappa shape index (κ1) is 16.3. The summed E-state index contributed by atoms with van der Waals surface area (Å²) >= 11 is 0. The molecule has 24 heavy (non-hydrogen) atoms. The lowest BCUT2D eigenvalue weighted by atomic mass is 9.95. The number of halogens is 1. The van der Waals surface area contributed by atoms with Gasteiger partial charge in [0.1, 0.15) is 17.3 Å². The molecule has 1 aromatic heterocycles. The number of carboxylic acid groups (broad SMARTS) is 1. The average molecular weight is 330 g/mol. The molecule has 0 spiro atoms. The van der Waals surface area contributed by atoms with Crippen molar-refractivity contribution in [1.29, 1.82) is 0 Å². The predicted octanol–water partition coefficient (Wildman–Crippen LogP) is 2.37. The van der Waals surface area contributed by atoms with Gasteiger partial charge in [0.05, 0.1) is 17.5 Å². The van der Waals surface area contributed by atoms with Crippen LogP contribution in [-0.2, 0) is 0 Å². The van der Waals surface area contributed by atoms with Crippen molar-refractivity contribution in [2.45, 2.75) is 18.8 Å².